The van der Waals surface area contributed by atoms with E-state index in [4.69, 9.17) is 10.8 Å². The topological polar surface area (TPSA) is 98.7 Å². The number of anilines is 1. The van der Waals surface area contributed by atoms with Crippen LogP contribution in [0.5, 0.6) is 0 Å². The lowest BCUT2D eigenvalue weighted by Gasteiger charge is -2.06. The summed E-state index contributed by atoms with van der Waals surface area (Å²) in [5.41, 5.74) is 4.09. The molecule has 0 bridgehead atoms. The molecule has 0 aliphatic rings. The summed E-state index contributed by atoms with van der Waals surface area (Å²) in [5, 5.41) is 12.0. The fourth-order valence-electron chi connectivity index (χ4n) is 3.38. The smallest absolute Gasteiger partial charge is 0.234 e. The van der Waals surface area contributed by atoms with Crippen LogP contribution in [0, 0.1) is 12.7 Å². The Balaban J connectivity index is 1.22. The van der Waals surface area contributed by atoms with Gasteiger partial charge in [-0.25, -0.2) is 14.1 Å². The van der Waals surface area contributed by atoms with Gasteiger partial charge in [0.2, 0.25) is 11.1 Å². The van der Waals surface area contributed by atoms with Crippen LogP contribution in [0.3, 0.4) is 0 Å². The summed E-state index contributed by atoms with van der Waals surface area (Å²) in [7, 11) is 0. The summed E-state index contributed by atoms with van der Waals surface area (Å²) >= 11 is 2.76. The van der Waals surface area contributed by atoms with E-state index in [1.54, 1.807) is 29.5 Å². The fourth-order valence-corrected chi connectivity index (χ4v) is 5.11. The van der Waals surface area contributed by atoms with Crippen LogP contribution in [-0.4, -0.2) is 31.5 Å². The lowest BCUT2D eigenvalue weighted by atomic mass is 10.2. The molecule has 170 valence electrons. The Kier molecular flexibility index (Phi) is 5.99. The highest BCUT2D eigenvalue weighted by molar-refractivity contribution is 7.99. The predicted molar refractivity (Wildman–Crippen MR) is 135 cm³/mol. The molecule has 0 saturated carbocycles. The number of hydrogen-bond donors (Lipinski definition) is 2. The summed E-state index contributed by atoms with van der Waals surface area (Å²) in [6, 6.07) is 19.9. The second kappa shape index (κ2) is 9.24. The van der Waals surface area contributed by atoms with Gasteiger partial charge >= 0.3 is 0 Å². The number of nitrogen functional groups attached to an aromatic ring is 1. The standard InChI is InChI=1S/C24H19FN6OS2/c1-14-6-11-19-20(12-14)34-23(28-19)15-7-9-16(10-8-15)27-21(32)13-33-24-30-29-22(31(24)26)17-4-2-3-5-18(17)25/h2-12H,13,26H2,1H3,(H,27,32). The van der Waals surface area contributed by atoms with Crippen molar-refractivity contribution in [2.75, 3.05) is 16.9 Å². The van der Waals surface area contributed by atoms with Gasteiger partial charge in [0.05, 0.1) is 21.5 Å². The van der Waals surface area contributed by atoms with Gasteiger partial charge in [-0.1, -0.05) is 30.0 Å². The van der Waals surface area contributed by atoms with Gasteiger partial charge in [-0.05, 0) is 61.0 Å². The molecule has 0 fully saturated rings. The van der Waals surface area contributed by atoms with Crippen LogP contribution in [-0.2, 0) is 4.79 Å². The zero-order chi connectivity index (χ0) is 23.7. The summed E-state index contributed by atoms with van der Waals surface area (Å²) in [6.07, 6.45) is 0. The quantitative estimate of drug-likeness (QED) is 0.253. The van der Waals surface area contributed by atoms with Crippen LogP contribution in [0.2, 0.25) is 0 Å². The van der Waals surface area contributed by atoms with Crippen LogP contribution in [0.4, 0.5) is 10.1 Å². The Labute approximate surface area is 202 Å². The van der Waals surface area contributed by atoms with Crippen molar-refractivity contribution < 1.29 is 9.18 Å². The number of amides is 1. The highest BCUT2D eigenvalue weighted by Crippen LogP contribution is 2.31. The van der Waals surface area contributed by atoms with E-state index in [-0.39, 0.29) is 23.0 Å². The van der Waals surface area contributed by atoms with Gasteiger partial charge in [-0.15, -0.1) is 21.5 Å². The average Bonchev–Trinajstić information content (AvgIpc) is 3.41. The van der Waals surface area contributed by atoms with E-state index in [2.05, 4.69) is 34.6 Å². The van der Waals surface area contributed by atoms with Crippen molar-refractivity contribution >= 4 is 44.9 Å². The molecule has 0 saturated heterocycles. The number of benzene rings is 3. The monoisotopic (exact) mass is 490 g/mol. The van der Waals surface area contributed by atoms with Gasteiger partial charge in [-0.3, -0.25) is 4.79 Å². The van der Waals surface area contributed by atoms with E-state index in [0.717, 1.165) is 32.5 Å². The molecule has 3 N–H and O–H groups in total. The second-order valence-corrected chi connectivity index (χ2v) is 9.53. The lowest BCUT2D eigenvalue weighted by molar-refractivity contribution is -0.113. The normalized spacial score (nSPS) is 11.1. The molecule has 0 aliphatic heterocycles. The zero-order valence-electron chi connectivity index (χ0n) is 18.0. The Morgan fingerprint density at radius 2 is 1.91 bits per heavy atom. The third-order valence-electron chi connectivity index (χ3n) is 5.07. The molecule has 34 heavy (non-hydrogen) atoms. The van der Waals surface area contributed by atoms with Crippen LogP contribution in [0.1, 0.15) is 5.56 Å². The number of nitrogens with zero attached hydrogens (tertiary/aromatic N) is 4. The van der Waals surface area contributed by atoms with Gasteiger partial charge in [0, 0.05) is 11.3 Å². The SMILES string of the molecule is Cc1ccc2nc(-c3ccc(NC(=O)CSc4nnc(-c5ccccc5F)n4N)cc3)sc2c1. The molecule has 2 heterocycles. The molecule has 0 radical (unpaired) electrons. The fraction of sp³-hybridized carbons (Fsp3) is 0.0833. The van der Waals surface area contributed by atoms with E-state index in [0.29, 0.717) is 10.8 Å². The number of aryl methyl sites for hydroxylation is 1. The van der Waals surface area contributed by atoms with Crippen LogP contribution in [0.25, 0.3) is 32.2 Å². The summed E-state index contributed by atoms with van der Waals surface area (Å²) < 4.78 is 16.4. The van der Waals surface area contributed by atoms with Crippen LogP contribution in [0.15, 0.2) is 71.9 Å². The van der Waals surface area contributed by atoms with E-state index >= 15 is 0 Å². The minimum Gasteiger partial charge on any atom is -0.335 e. The number of halogens is 1. The van der Waals surface area contributed by atoms with Crippen molar-refractivity contribution in [2.45, 2.75) is 12.1 Å². The summed E-state index contributed by atoms with van der Waals surface area (Å²) in [4.78, 5) is 17.1. The van der Waals surface area contributed by atoms with Crippen molar-refractivity contribution in [1.29, 1.82) is 0 Å². The average molecular weight is 491 g/mol. The molecule has 3 aromatic carbocycles. The van der Waals surface area contributed by atoms with Crippen molar-refractivity contribution in [3.63, 3.8) is 0 Å². The van der Waals surface area contributed by atoms with E-state index in [1.807, 2.05) is 30.3 Å². The van der Waals surface area contributed by atoms with E-state index in [9.17, 15) is 9.18 Å². The third-order valence-corrected chi connectivity index (χ3v) is 7.08. The number of thioether (sulfide) groups is 1. The molecule has 2 aromatic heterocycles. The number of thiazole rings is 1. The van der Waals surface area contributed by atoms with Crippen molar-refractivity contribution in [3.05, 3.63) is 78.1 Å². The third kappa shape index (κ3) is 4.50. The van der Waals surface area contributed by atoms with Gasteiger partial charge < -0.3 is 11.2 Å². The maximum atomic E-state index is 14.0. The molecule has 0 atom stereocenters. The molecule has 5 rings (SSSR count). The first-order valence-corrected chi connectivity index (χ1v) is 12.1. The maximum absolute atomic E-state index is 14.0. The molecular formula is C24H19FN6OS2. The van der Waals surface area contributed by atoms with Crippen molar-refractivity contribution in [1.82, 2.24) is 19.9 Å². The first kappa shape index (κ1) is 22.1. The highest BCUT2D eigenvalue weighted by Gasteiger charge is 2.16. The minimum atomic E-state index is -0.444. The molecule has 0 spiro atoms. The van der Waals surface area contributed by atoms with Gasteiger partial charge in [0.15, 0.2) is 5.82 Å². The number of rotatable bonds is 6. The zero-order valence-corrected chi connectivity index (χ0v) is 19.7. The molecule has 0 aliphatic carbocycles. The predicted octanol–water partition coefficient (Wildman–Crippen LogP) is 5.11. The maximum Gasteiger partial charge on any atom is 0.234 e. The Morgan fingerprint density at radius 3 is 2.71 bits per heavy atom. The summed E-state index contributed by atoms with van der Waals surface area (Å²) in [6.45, 7) is 2.06. The first-order chi connectivity index (χ1) is 16.5. The minimum absolute atomic E-state index is 0.0750. The van der Waals surface area contributed by atoms with Crippen LogP contribution < -0.4 is 11.2 Å². The molecule has 5 aromatic rings. The molecule has 10 heteroatoms. The van der Waals surface area contributed by atoms with Crippen molar-refractivity contribution in [2.24, 2.45) is 0 Å². The number of nitrogens with one attached hydrogen (secondary N) is 1. The van der Waals surface area contributed by atoms with Gasteiger partial charge in [-0.2, -0.15) is 0 Å². The Hall–Kier alpha value is -3.76. The van der Waals surface area contributed by atoms with E-state index in [1.165, 1.54) is 16.3 Å². The number of hydrogen-bond acceptors (Lipinski definition) is 7. The van der Waals surface area contributed by atoms with Gasteiger partial charge in [0.25, 0.3) is 0 Å². The number of carbonyl (C=O) groups excluding carboxylic acids is 1. The summed E-state index contributed by atoms with van der Waals surface area (Å²) in [5.74, 6) is 5.63. The number of nitrogens with two attached hydrogens (primary N) is 1. The number of fused-ring (bicyclic) bond motifs is 1. The first-order valence-electron chi connectivity index (χ1n) is 10.3. The molecule has 7 nitrogen and oxygen atoms in total. The Morgan fingerprint density at radius 1 is 1.12 bits per heavy atom. The Bertz CT molecular complexity index is 1500. The highest BCUT2D eigenvalue weighted by atomic mass is 32.2. The lowest BCUT2D eigenvalue weighted by Crippen LogP contribution is -2.16. The number of carbonyl (C=O) groups is 1. The van der Waals surface area contributed by atoms with Crippen molar-refractivity contribution in [3.8, 4) is 22.0 Å². The van der Waals surface area contributed by atoms with Crippen LogP contribution >= 0.6 is 23.1 Å². The second-order valence-electron chi connectivity index (χ2n) is 7.56. The number of aromatic nitrogens is 4. The van der Waals surface area contributed by atoms with Gasteiger partial charge in [0.1, 0.15) is 10.8 Å². The van der Waals surface area contributed by atoms with E-state index < -0.39 is 5.82 Å². The molecular weight excluding hydrogens is 471 g/mol. The molecule has 1 amide bonds. The molecule has 0 unspecified atom stereocenters. The largest absolute Gasteiger partial charge is 0.335 e.